The summed E-state index contributed by atoms with van der Waals surface area (Å²) in [4.78, 5) is 0. The van der Waals surface area contributed by atoms with Crippen molar-refractivity contribution in [2.45, 2.75) is 37.6 Å². The lowest BCUT2D eigenvalue weighted by Gasteiger charge is -2.20. The van der Waals surface area contributed by atoms with Gasteiger partial charge < -0.3 is 10.2 Å². The molecule has 1 saturated carbocycles. The highest BCUT2D eigenvalue weighted by molar-refractivity contribution is 5.78. The van der Waals surface area contributed by atoms with Gasteiger partial charge >= 0.3 is 0 Å². The molecule has 2 N–H and O–H groups in total. The van der Waals surface area contributed by atoms with Crippen molar-refractivity contribution in [2.75, 3.05) is 0 Å². The topological polar surface area (TPSA) is 39.2 Å². The minimum Gasteiger partial charge on any atom is -0.460 e. The molecular weight excluding hydrogens is 217 g/mol. The molecule has 0 radical (unpaired) electrons. The molecule has 1 aliphatic rings. The van der Waals surface area contributed by atoms with Gasteiger partial charge in [-0.1, -0.05) is 6.92 Å². The summed E-state index contributed by atoms with van der Waals surface area (Å²) in [5, 5.41) is 0.835. The molecule has 1 aromatic carbocycles. The maximum Gasteiger partial charge on any atom is 0.134 e. The number of benzene rings is 1. The molecule has 90 valence electrons. The lowest BCUT2D eigenvalue weighted by Crippen LogP contribution is -2.21. The zero-order valence-electron chi connectivity index (χ0n) is 9.87. The van der Waals surface area contributed by atoms with Crippen LogP contribution in [0.2, 0.25) is 0 Å². The molecule has 2 aromatic rings. The molecule has 1 aliphatic carbocycles. The van der Waals surface area contributed by atoms with Crippen molar-refractivity contribution in [2.24, 2.45) is 5.73 Å². The third-order valence-corrected chi connectivity index (χ3v) is 3.85. The van der Waals surface area contributed by atoms with Gasteiger partial charge in [0.1, 0.15) is 17.2 Å². The summed E-state index contributed by atoms with van der Waals surface area (Å²) in [6, 6.07) is 6.84. The average Bonchev–Trinajstić information content (AvgIpc) is 2.83. The monoisotopic (exact) mass is 233 g/mol. The van der Waals surface area contributed by atoms with Crippen LogP contribution in [0.25, 0.3) is 11.0 Å². The Balaban J connectivity index is 2.06. The predicted octanol–water partition coefficient (Wildman–Crippen LogP) is 3.34. The molecule has 0 aliphatic heterocycles. The second kappa shape index (κ2) is 3.57. The largest absolute Gasteiger partial charge is 0.460 e. The summed E-state index contributed by atoms with van der Waals surface area (Å²) in [5.74, 6) is 0.712. The number of nitrogens with two attached hydrogens (primary N) is 1. The van der Waals surface area contributed by atoms with Crippen molar-refractivity contribution in [1.29, 1.82) is 0 Å². The van der Waals surface area contributed by atoms with Crippen LogP contribution in [0.3, 0.4) is 0 Å². The van der Waals surface area contributed by atoms with Gasteiger partial charge in [0.2, 0.25) is 0 Å². The first-order valence-corrected chi connectivity index (χ1v) is 6.02. The SMILES string of the molecule is CC1(c2cc3cc(F)ccc3o2)CCC(N)C1. The Morgan fingerprint density at radius 2 is 2.24 bits per heavy atom. The summed E-state index contributed by atoms with van der Waals surface area (Å²) in [5.41, 5.74) is 6.73. The minimum absolute atomic E-state index is 0.00884. The first kappa shape index (κ1) is 10.8. The Morgan fingerprint density at radius 1 is 1.41 bits per heavy atom. The maximum atomic E-state index is 13.1. The Hall–Kier alpha value is -1.35. The number of rotatable bonds is 1. The molecule has 1 fully saturated rings. The van der Waals surface area contributed by atoms with Crippen molar-refractivity contribution in [3.8, 4) is 0 Å². The van der Waals surface area contributed by atoms with E-state index in [1.54, 1.807) is 6.07 Å². The van der Waals surface area contributed by atoms with Gasteiger partial charge in [-0.2, -0.15) is 0 Å². The van der Waals surface area contributed by atoms with Crippen LogP contribution in [0, 0.1) is 5.82 Å². The highest BCUT2D eigenvalue weighted by Gasteiger charge is 2.37. The van der Waals surface area contributed by atoms with Crippen molar-refractivity contribution >= 4 is 11.0 Å². The molecule has 17 heavy (non-hydrogen) atoms. The molecule has 0 amide bonds. The standard InChI is InChI=1S/C14H16FNO/c1-14(5-4-11(16)8-14)13-7-9-6-10(15)2-3-12(9)17-13/h2-3,6-7,11H,4-5,8,16H2,1H3. The van der Waals surface area contributed by atoms with E-state index in [2.05, 4.69) is 6.92 Å². The highest BCUT2D eigenvalue weighted by Crippen LogP contribution is 2.42. The van der Waals surface area contributed by atoms with E-state index in [1.807, 2.05) is 6.07 Å². The van der Waals surface area contributed by atoms with Crippen LogP contribution in [-0.4, -0.2) is 6.04 Å². The van der Waals surface area contributed by atoms with Crippen molar-refractivity contribution in [3.63, 3.8) is 0 Å². The van der Waals surface area contributed by atoms with Gasteiger partial charge in [-0.05, 0) is 43.5 Å². The quantitative estimate of drug-likeness (QED) is 0.820. The van der Waals surface area contributed by atoms with E-state index in [0.717, 1.165) is 36.0 Å². The zero-order chi connectivity index (χ0) is 12.0. The molecule has 2 nitrogen and oxygen atoms in total. The number of hydrogen-bond donors (Lipinski definition) is 1. The third kappa shape index (κ3) is 1.75. The van der Waals surface area contributed by atoms with E-state index < -0.39 is 0 Å². The lowest BCUT2D eigenvalue weighted by molar-refractivity contribution is 0.377. The van der Waals surface area contributed by atoms with Crippen LogP contribution in [0.15, 0.2) is 28.7 Å². The summed E-state index contributed by atoms with van der Waals surface area (Å²) in [6.45, 7) is 2.17. The number of furan rings is 1. The number of hydrogen-bond acceptors (Lipinski definition) is 2. The molecule has 3 heteroatoms. The van der Waals surface area contributed by atoms with E-state index >= 15 is 0 Å². The summed E-state index contributed by atoms with van der Waals surface area (Å²) in [6.07, 6.45) is 3.01. The fraction of sp³-hybridized carbons (Fsp3) is 0.429. The second-order valence-electron chi connectivity index (χ2n) is 5.36. The summed E-state index contributed by atoms with van der Waals surface area (Å²) in [7, 11) is 0. The van der Waals surface area contributed by atoms with Crippen molar-refractivity contribution in [1.82, 2.24) is 0 Å². The normalized spacial score (nSPS) is 29.0. The Bertz CT molecular complexity index is 562. The molecule has 1 heterocycles. The van der Waals surface area contributed by atoms with Crippen LogP contribution < -0.4 is 5.73 Å². The van der Waals surface area contributed by atoms with Crippen LogP contribution in [0.5, 0.6) is 0 Å². The Labute approximate surface area is 99.6 Å². The van der Waals surface area contributed by atoms with Crippen LogP contribution in [0.1, 0.15) is 31.9 Å². The molecule has 2 atom stereocenters. The molecule has 0 saturated heterocycles. The van der Waals surface area contributed by atoms with E-state index in [-0.39, 0.29) is 17.3 Å². The van der Waals surface area contributed by atoms with Gasteiger partial charge in [-0.25, -0.2) is 4.39 Å². The van der Waals surface area contributed by atoms with Gasteiger partial charge in [0, 0.05) is 16.8 Å². The van der Waals surface area contributed by atoms with E-state index in [1.165, 1.54) is 12.1 Å². The molecule has 1 aromatic heterocycles. The van der Waals surface area contributed by atoms with Crippen LogP contribution in [-0.2, 0) is 5.41 Å². The Morgan fingerprint density at radius 3 is 2.94 bits per heavy atom. The summed E-state index contributed by atoms with van der Waals surface area (Å²) >= 11 is 0. The smallest absolute Gasteiger partial charge is 0.134 e. The van der Waals surface area contributed by atoms with Gasteiger partial charge in [0.15, 0.2) is 0 Å². The van der Waals surface area contributed by atoms with Gasteiger partial charge in [-0.3, -0.25) is 0 Å². The van der Waals surface area contributed by atoms with E-state index in [0.29, 0.717) is 0 Å². The number of halogens is 1. The van der Waals surface area contributed by atoms with Crippen molar-refractivity contribution < 1.29 is 8.81 Å². The highest BCUT2D eigenvalue weighted by atomic mass is 19.1. The average molecular weight is 233 g/mol. The van der Waals surface area contributed by atoms with Gasteiger partial charge in [0.05, 0.1) is 0 Å². The molecule has 0 spiro atoms. The predicted molar refractivity (Wildman–Crippen MR) is 65.4 cm³/mol. The van der Waals surface area contributed by atoms with E-state index in [9.17, 15) is 4.39 Å². The first-order chi connectivity index (χ1) is 8.07. The Kier molecular flexibility index (Phi) is 2.26. The molecule has 3 rings (SSSR count). The zero-order valence-corrected chi connectivity index (χ0v) is 9.87. The summed E-state index contributed by atoms with van der Waals surface area (Å²) < 4.78 is 19.0. The fourth-order valence-electron chi connectivity index (χ4n) is 2.82. The second-order valence-corrected chi connectivity index (χ2v) is 5.36. The number of fused-ring (bicyclic) bond motifs is 1. The first-order valence-electron chi connectivity index (χ1n) is 6.02. The van der Waals surface area contributed by atoms with Gasteiger partial charge in [0.25, 0.3) is 0 Å². The van der Waals surface area contributed by atoms with E-state index in [4.69, 9.17) is 10.2 Å². The maximum absolute atomic E-state index is 13.1. The van der Waals surface area contributed by atoms with Gasteiger partial charge in [-0.15, -0.1) is 0 Å². The molecular formula is C14H16FNO. The minimum atomic E-state index is -0.224. The van der Waals surface area contributed by atoms with Crippen molar-refractivity contribution in [3.05, 3.63) is 35.8 Å². The fourth-order valence-corrected chi connectivity index (χ4v) is 2.82. The van der Waals surface area contributed by atoms with Crippen LogP contribution >= 0.6 is 0 Å². The lowest BCUT2D eigenvalue weighted by atomic mass is 9.85. The molecule has 2 unspecified atom stereocenters. The molecule has 0 bridgehead atoms. The third-order valence-electron chi connectivity index (χ3n) is 3.85. The van der Waals surface area contributed by atoms with Crippen LogP contribution in [0.4, 0.5) is 4.39 Å².